The quantitative estimate of drug-likeness (QED) is 0.728. The van der Waals surface area contributed by atoms with Gasteiger partial charge in [0, 0.05) is 30.7 Å². The summed E-state index contributed by atoms with van der Waals surface area (Å²) in [6.45, 7) is 5.52. The van der Waals surface area contributed by atoms with Crippen LogP contribution < -0.4 is 5.73 Å². The Balaban J connectivity index is 0.000000445. The van der Waals surface area contributed by atoms with Crippen LogP contribution in [0.25, 0.3) is 0 Å². The average Bonchev–Trinajstić information content (AvgIpc) is 3.40. The second-order valence-corrected chi connectivity index (χ2v) is 6.57. The molecule has 1 aromatic carbocycles. The van der Waals surface area contributed by atoms with Crippen molar-refractivity contribution < 1.29 is 27.5 Å². The van der Waals surface area contributed by atoms with E-state index in [1.54, 1.807) is 12.1 Å². The number of carbonyl (C=O) groups is 1. The Hall–Kier alpha value is -2.18. The number of nitrogens with two attached hydrogens (primary N) is 1. The molecule has 27 heavy (non-hydrogen) atoms. The zero-order valence-corrected chi connectivity index (χ0v) is 15.1. The van der Waals surface area contributed by atoms with Crippen molar-refractivity contribution in [3.8, 4) is 6.07 Å². The molecule has 1 fully saturated rings. The molecule has 5 nitrogen and oxygen atoms in total. The number of nitriles is 1. The Labute approximate surface area is 155 Å². The lowest BCUT2D eigenvalue weighted by atomic mass is 9.92. The molecule has 0 aliphatic heterocycles. The minimum absolute atomic E-state index is 0.0145. The molecule has 2 rings (SSSR count). The lowest BCUT2D eigenvalue weighted by Crippen LogP contribution is -2.38. The maximum atomic E-state index is 14.5. The van der Waals surface area contributed by atoms with E-state index in [9.17, 15) is 17.6 Å². The zero-order valence-electron chi connectivity index (χ0n) is 15.1. The third-order valence-electron chi connectivity index (χ3n) is 4.10. The third-order valence-corrected chi connectivity index (χ3v) is 4.10. The number of alkyl halides is 3. The van der Waals surface area contributed by atoms with E-state index in [1.165, 1.54) is 6.07 Å². The number of carboxylic acid groups (broad SMARTS) is 1. The van der Waals surface area contributed by atoms with Gasteiger partial charge in [0.05, 0.1) is 5.56 Å². The monoisotopic (exact) mass is 389 g/mol. The van der Waals surface area contributed by atoms with Gasteiger partial charge in [-0.2, -0.15) is 18.4 Å². The van der Waals surface area contributed by atoms with Crippen molar-refractivity contribution in [3.05, 3.63) is 35.1 Å². The van der Waals surface area contributed by atoms with Gasteiger partial charge in [0.15, 0.2) is 0 Å². The van der Waals surface area contributed by atoms with Crippen molar-refractivity contribution in [2.24, 2.45) is 11.7 Å². The first-order valence-electron chi connectivity index (χ1n) is 8.49. The van der Waals surface area contributed by atoms with Crippen molar-refractivity contribution in [1.82, 2.24) is 4.90 Å². The Kier molecular flexibility index (Phi) is 8.19. The normalized spacial score (nSPS) is 15.1. The van der Waals surface area contributed by atoms with Crippen LogP contribution in [0, 0.1) is 23.1 Å². The minimum atomic E-state index is -5.08. The molecule has 1 saturated carbocycles. The van der Waals surface area contributed by atoms with Gasteiger partial charge in [-0.05, 0) is 24.8 Å². The maximum Gasteiger partial charge on any atom is 0.490 e. The zero-order chi connectivity index (χ0) is 20.8. The van der Waals surface area contributed by atoms with Crippen LogP contribution in [0.2, 0.25) is 0 Å². The molecule has 0 radical (unpaired) electrons. The second-order valence-electron chi connectivity index (χ2n) is 6.57. The highest BCUT2D eigenvalue weighted by molar-refractivity contribution is 5.73. The van der Waals surface area contributed by atoms with E-state index in [-0.39, 0.29) is 23.3 Å². The summed E-state index contributed by atoms with van der Waals surface area (Å²) in [5, 5.41) is 16.1. The van der Waals surface area contributed by atoms with E-state index in [1.807, 2.05) is 6.07 Å². The van der Waals surface area contributed by atoms with Gasteiger partial charge in [-0.1, -0.05) is 26.0 Å². The first-order chi connectivity index (χ1) is 12.5. The third kappa shape index (κ3) is 6.48. The van der Waals surface area contributed by atoms with Gasteiger partial charge in [-0.3, -0.25) is 4.90 Å². The number of hydrogen-bond donors (Lipinski definition) is 2. The fourth-order valence-corrected chi connectivity index (χ4v) is 2.89. The van der Waals surface area contributed by atoms with Gasteiger partial charge in [0.2, 0.25) is 0 Å². The topological polar surface area (TPSA) is 90.4 Å². The van der Waals surface area contributed by atoms with Gasteiger partial charge in [-0.15, -0.1) is 0 Å². The van der Waals surface area contributed by atoms with Crippen molar-refractivity contribution in [2.75, 3.05) is 13.1 Å². The molecule has 150 valence electrons. The number of hydrogen-bond acceptors (Lipinski definition) is 4. The predicted molar refractivity (Wildman–Crippen MR) is 91.2 cm³/mol. The Bertz CT molecular complexity index is 682. The summed E-state index contributed by atoms with van der Waals surface area (Å²) in [6, 6.07) is 7.51. The van der Waals surface area contributed by atoms with Crippen LogP contribution in [-0.4, -0.2) is 41.3 Å². The summed E-state index contributed by atoms with van der Waals surface area (Å²) in [5.41, 5.74) is 6.46. The van der Waals surface area contributed by atoms with Gasteiger partial charge in [0.25, 0.3) is 0 Å². The van der Waals surface area contributed by atoms with Crippen molar-refractivity contribution in [2.45, 2.75) is 44.9 Å². The number of aliphatic carboxylic acids is 1. The molecule has 3 N–H and O–H groups in total. The fraction of sp³-hybridized carbons (Fsp3) is 0.556. The molecule has 0 aromatic heterocycles. The minimum Gasteiger partial charge on any atom is -0.475 e. The number of nitrogens with zero attached hydrogens (tertiary/aromatic N) is 2. The summed E-state index contributed by atoms with van der Waals surface area (Å²) in [7, 11) is 0. The molecule has 1 aromatic rings. The molecule has 1 aliphatic rings. The molecule has 1 atom stereocenters. The Morgan fingerprint density at radius 2 is 1.96 bits per heavy atom. The lowest BCUT2D eigenvalue weighted by Gasteiger charge is -2.35. The van der Waals surface area contributed by atoms with Crippen LogP contribution in [0.5, 0.6) is 0 Å². The second kappa shape index (κ2) is 9.67. The highest BCUT2D eigenvalue weighted by Gasteiger charge is 2.38. The summed E-state index contributed by atoms with van der Waals surface area (Å²) >= 11 is 0. The van der Waals surface area contributed by atoms with Gasteiger partial charge >= 0.3 is 12.1 Å². The summed E-state index contributed by atoms with van der Waals surface area (Å²) in [6.07, 6.45) is -2.77. The van der Waals surface area contributed by atoms with Crippen LogP contribution in [0.4, 0.5) is 17.6 Å². The van der Waals surface area contributed by atoms with Gasteiger partial charge < -0.3 is 10.8 Å². The molecule has 0 saturated heterocycles. The van der Waals surface area contributed by atoms with Gasteiger partial charge in [0.1, 0.15) is 11.9 Å². The van der Waals surface area contributed by atoms with Crippen molar-refractivity contribution >= 4 is 5.97 Å². The summed E-state index contributed by atoms with van der Waals surface area (Å²) in [4.78, 5) is 11.2. The molecular weight excluding hydrogens is 366 g/mol. The SMILES string of the molecule is CC(C)C(c1cccc(C#N)c1F)N(CCN)C1CC1.O=C(O)C(F)(F)F. The average molecular weight is 389 g/mol. The highest BCUT2D eigenvalue weighted by atomic mass is 19.4. The largest absolute Gasteiger partial charge is 0.490 e. The lowest BCUT2D eigenvalue weighted by molar-refractivity contribution is -0.192. The fourth-order valence-electron chi connectivity index (χ4n) is 2.89. The summed E-state index contributed by atoms with van der Waals surface area (Å²) in [5.74, 6) is -2.87. The number of benzene rings is 1. The number of carboxylic acids is 1. The van der Waals surface area contributed by atoms with E-state index in [4.69, 9.17) is 20.9 Å². The Morgan fingerprint density at radius 1 is 1.41 bits per heavy atom. The van der Waals surface area contributed by atoms with E-state index in [0.29, 0.717) is 18.2 Å². The molecule has 9 heteroatoms. The summed E-state index contributed by atoms with van der Waals surface area (Å²) < 4.78 is 46.2. The van der Waals surface area contributed by atoms with Crippen LogP contribution in [0.3, 0.4) is 0 Å². The first-order valence-corrected chi connectivity index (χ1v) is 8.49. The number of halogens is 4. The van der Waals surface area contributed by atoms with E-state index in [0.717, 1.165) is 19.4 Å². The molecule has 1 unspecified atom stereocenters. The smallest absolute Gasteiger partial charge is 0.475 e. The number of rotatable bonds is 6. The maximum absolute atomic E-state index is 14.5. The predicted octanol–water partition coefficient (Wildman–Crippen LogP) is 3.45. The van der Waals surface area contributed by atoms with Crippen LogP contribution in [0.15, 0.2) is 18.2 Å². The van der Waals surface area contributed by atoms with Gasteiger partial charge in [-0.25, -0.2) is 9.18 Å². The van der Waals surface area contributed by atoms with E-state index < -0.39 is 12.1 Å². The van der Waals surface area contributed by atoms with Crippen molar-refractivity contribution in [3.63, 3.8) is 0 Å². The van der Waals surface area contributed by atoms with Crippen molar-refractivity contribution in [1.29, 1.82) is 5.26 Å². The van der Waals surface area contributed by atoms with Crippen LogP contribution >= 0.6 is 0 Å². The Morgan fingerprint density at radius 3 is 2.33 bits per heavy atom. The molecule has 0 amide bonds. The van der Waals surface area contributed by atoms with Crippen LogP contribution in [0.1, 0.15) is 43.9 Å². The van der Waals surface area contributed by atoms with E-state index >= 15 is 0 Å². The molecular formula is C18H23F4N3O2. The molecule has 0 heterocycles. The standard InChI is InChI=1S/C16H22FN3.C2HF3O2/c1-11(2)16(20(9-8-18)13-6-7-13)14-5-3-4-12(10-19)15(14)17;3-2(4,5)1(6)7/h3-5,11,13,16H,6-9,18H2,1-2H3;(H,6,7). The molecule has 0 bridgehead atoms. The molecule has 1 aliphatic carbocycles. The molecule has 0 spiro atoms. The highest BCUT2D eigenvalue weighted by Crippen LogP contribution is 2.39. The van der Waals surface area contributed by atoms with E-state index in [2.05, 4.69) is 18.7 Å². The first kappa shape index (κ1) is 22.9. The van der Waals surface area contributed by atoms with Crippen LogP contribution in [-0.2, 0) is 4.79 Å².